The molecule has 4 nitrogen and oxygen atoms in total. The van der Waals surface area contributed by atoms with Crippen LogP contribution in [-0.2, 0) is 4.79 Å². The molecule has 0 saturated carbocycles. The highest BCUT2D eigenvalue weighted by atomic mass is 16.5. The normalized spacial score (nSPS) is 15.0. The predicted molar refractivity (Wildman–Crippen MR) is 107 cm³/mol. The maximum absolute atomic E-state index is 12.6. The maximum Gasteiger partial charge on any atom is 0.265 e. The van der Waals surface area contributed by atoms with Gasteiger partial charge < -0.3 is 15.0 Å². The van der Waals surface area contributed by atoms with Crippen molar-refractivity contribution in [2.45, 2.75) is 46.1 Å². The van der Waals surface area contributed by atoms with Gasteiger partial charge in [-0.05, 0) is 69.0 Å². The predicted octanol–water partition coefficient (Wildman–Crippen LogP) is 4.70. The molecule has 0 aromatic heterocycles. The summed E-state index contributed by atoms with van der Waals surface area (Å²) >= 11 is 0. The minimum absolute atomic E-state index is 0.110. The molecule has 0 aliphatic carbocycles. The van der Waals surface area contributed by atoms with E-state index < -0.39 is 6.10 Å². The van der Waals surface area contributed by atoms with Crippen molar-refractivity contribution in [3.63, 3.8) is 0 Å². The van der Waals surface area contributed by atoms with E-state index in [-0.39, 0.29) is 5.91 Å². The van der Waals surface area contributed by atoms with Crippen LogP contribution in [0.25, 0.3) is 0 Å². The quantitative estimate of drug-likeness (QED) is 0.819. The van der Waals surface area contributed by atoms with Crippen LogP contribution in [0.5, 0.6) is 5.75 Å². The Morgan fingerprint density at radius 2 is 1.81 bits per heavy atom. The van der Waals surface area contributed by atoms with Crippen LogP contribution in [0.3, 0.4) is 0 Å². The van der Waals surface area contributed by atoms with Crippen LogP contribution in [0.4, 0.5) is 11.4 Å². The molecular weight excluding hydrogens is 324 g/mol. The summed E-state index contributed by atoms with van der Waals surface area (Å²) in [6.07, 6.45) is 2.62. The van der Waals surface area contributed by atoms with E-state index in [1.807, 2.05) is 45.0 Å². The van der Waals surface area contributed by atoms with Crippen molar-refractivity contribution >= 4 is 17.3 Å². The van der Waals surface area contributed by atoms with Gasteiger partial charge in [-0.3, -0.25) is 4.79 Å². The summed E-state index contributed by atoms with van der Waals surface area (Å²) < 4.78 is 5.97. The van der Waals surface area contributed by atoms with Crippen molar-refractivity contribution in [3.05, 3.63) is 53.6 Å². The first kappa shape index (κ1) is 18.3. The molecule has 1 fully saturated rings. The average Bonchev–Trinajstić information content (AvgIpc) is 3.16. The van der Waals surface area contributed by atoms with E-state index in [1.54, 1.807) is 0 Å². The number of ether oxygens (including phenoxy) is 1. The standard InChI is InChI=1S/C22H28N2O2/c1-4-20(26-21-12-7-16(2)15-17(21)3)22(25)23-18-8-10-19(11-9-18)24-13-5-6-14-24/h7-12,15,20H,4-6,13-14H2,1-3H3,(H,23,25). The summed E-state index contributed by atoms with van der Waals surface area (Å²) in [4.78, 5) is 15.0. The highest BCUT2D eigenvalue weighted by Gasteiger charge is 2.19. The molecular formula is C22H28N2O2. The third-order valence-corrected chi connectivity index (χ3v) is 4.87. The fourth-order valence-electron chi connectivity index (χ4n) is 3.36. The zero-order valence-corrected chi connectivity index (χ0v) is 15.9. The van der Waals surface area contributed by atoms with E-state index in [9.17, 15) is 4.79 Å². The first-order valence-corrected chi connectivity index (χ1v) is 9.46. The van der Waals surface area contributed by atoms with Gasteiger partial charge in [-0.1, -0.05) is 24.6 Å². The molecule has 0 bridgehead atoms. The third-order valence-electron chi connectivity index (χ3n) is 4.87. The Morgan fingerprint density at radius 3 is 2.42 bits per heavy atom. The molecule has 4 heteroatoms. The smallest absolute Gasteiger partial charge is 0.265 e. The van der Waals surface area contributed by atoms with Crippen LogP contribution in [0, 0.1) is 13.8 Å². The second-order valence-corrected chi connectivity index (χ2v) is 7.01. The third kappa shape index (κ3) is 4.37. The van der Waals surface area contributed by atoms with Gasteiger partial charge in [0.25, 0.3) is 5.91 Å². The summed E-state index contributed by atoms with van der Waals surface area (Å²) in [6.45, 7) is 8.25. The zero-order chi connectivity index (χ0) is 18.5. The van der Waals surface area contributed by atoms with E-state index in [1.165, 1.54) is 24.1 Å². The fourth-order valence-corrected chi connectivity index (χ4v) is 3.36. The highest BCUT2D eigenvalue weighted by molar-refractivity contribution is 5.94. The number of carbonyl (C=O) groups excluding carboxylic acids is 1. The lowest BCUT2D eigenvalue weighted by Gasteiger charge is -2.20. The topological polar surface area (TPSA) is 41.6 Å². The number of hydrogen-bond donors (Lipinski definition) is 1. The molecule has 26 heavy (non-hydrogen) atoms. The first-order chi connectivity index (χ1) is 12.6. The van der Waals surface area contributed by atoms with Gasteiger partial charge in [-0.15, -0.1) is 0 Å². The second kappa shape index (κ2) is 8.26. The van der Waals surface area contributed by atoms with Crippen molar-refractivity contribution in [2.24, 2.45) is 0 Å². The van der Waals surface area contributed by atoms with Crippen LogP contribution in [0.1, 0.15) is 37.3 Å². The molecule has 2 aromatic carbocycles. The average molecular weight is 352 g/mol. The number of benzene rings is 2. The van der Waals surface area contributed by atoms with Crippen molar-refractivity contribution < 1.29 is 9.53 Å². The van der Waals surface area contributed by atoms with Gasteiger partial charge in [0.2, 0.25) is 0 Å². The van der Waals surface area contributed by atoms with E-state index >= 15 is 0 Å². The summed E-state index contributed by atoms with van der Waals surface area (Å²) in [5, 5.41) is 2.98. The Balaban J connectivity index is 1.63. The molecule has 1 aliphatic heterocycles. The van der Waals surface area contributed by atoms with Crippen LogP contribution in [0.15, 0.2) is 42.5 Å². The molecule has 1 heterocycles. The number of carbonyl (C=O) groups is 1. The molecule has 1 N–H and O–H groups in total. The van der Waals surface area contributed by atoms with Crippen LogP contribution >= 0.6 is 0 Å². The van der Waals surface area contributed by atoms with Gasteiger partial charge in [0.05, 0.1) is 0 Å². The number of anilines is 2. The number of nitrogens with one attached hydrogen (secondary N) is 1. The number of hydrogen-bond acceptors (Lipinski definition) is 3. The molecule has 0 radical (unpaired) electrons. The monoisotopic (exact) mass is 352 g/mol. The number of rotatable bonds is 6. The highest BCUT2D eigenvalue weighted by Crippen LogP contribution is 2.23. The first-order valence-electron chi connectivity index (χ1n) is 9.46. The lowest BCUT2D eigenvalue weighted by atomic mass is 10.1. The Hall–Kier alpha value is -2.49. The largest absolute Gasteiger partial charge is 0.480 e. The molecule has 1 saturated heterocycles. The van der Waals surface area contributed by atoms with Gasteiger partial charge in [0.15, 0.2) is 6.10 Å². The minimum atomic E-state index is -0.505. The fraction of sp³-hybridized carbons (Fsp3) is 0.409. The summed E-state index contributed by atoms with van der Waals surface area (Å²) in [7, 11) is 0. The molecule has 0 spiro atoms. The SMILES string of the molecule is CCC(Oc1ccc(C)cc1C)C(=O)Nc1ccc(N2CCCC2)cc1. The van der Waals surface area contributed by atoms with Crippen LogP contribution in [0.2, 0.25) is 0 Å². The Morgan fingerprint density at radius 1 is 1.12 bits per heavy atom. The van der Waals surface area contributed by atoms with Crippen molar-refractivity contribution in [1.82, 2.24) is 0 Å². The Kier molecular flexibility index (Phi) is 5.82. The number of aryl methyl sites for hydroxylation is 2. The molecule has 2 aromatic rings. The van der Waals surface area contributed by atoms with Crippen molar-refractivity contribution in [2.75, 3.05) is 23.3 Å². The molecule has 138 valence electrons. The maximum atomic E-state index is 12.6. The Labute approximate surface area is 156 Å². The molecule has 1 amide bonds. The summed E-state index contributed by atoms with van der Waals surface area (Å²) in [5.74, 6) is 0.656. The lowest BCUT2D eigenvalue weighted by molar-refractivity contribution is -0.122. The van der Waals surface area contributed by atoms with Gasteiger partial charge in [-0.2, -0.15) is 0 Å². The lowest BCUT2D eigenvalue weighted by Crippen LogP contribution is -2.32. The van der Waals surface area contributed by atoms with Gasteiger partial charge in [0, 0.05) is 24.5 Å². The number of nitrogens with zero attached hydrogens (tertiary/aromatic N) is 1. The molecule has 1 unspecified atom stereocenters. The van der Waals surface area contributed by atoms with E-state index in [0.717, 1.165) is 30.1 Å². The second-order valence-electron chi connectivity index (χ2n) is 7.01. The van der Waals surface area contributed by atoms with Gasteiger partial charge in [0.1, 0.15) is 5.75 Å². The van der Waals surface area contributed by atoms with Crippen molar-refractivity contribution in [1.29, 1.82) is 0 Å². The van der Waals surface area contributed by atoms with Gasteiger partial charge in [-0.25, -0.2) is 0 Å². The van der Waals surface area contributed by atoms with E-state index in [2.05, 4.69) is 28.4 Å². The minimum Gasteiger partial charge on any atom is -0.480 e. The summed E-state index contributed by atoms with van der Waals surface area (Å²) in [5.41, 5.74) is 4.26. The zero-order valence-electron chi connectivity index (χ0n) is 15.9. The van der Waals surface area contributed by atoms with E-state index in [4.69, 9.17) is 4.74 Å². The number of amides is 1. The van der Waals surface area contributed by atoms with E-state index in [0.29, 0.717) is 6.42 Å². The molecule has 3 rings (SSSR count). The molecule has 1 atom stereocenters. The van der Waals surface area contributed by atoms with Crippen LogP contribution in [-0.4, -0.2) is 25.1 Å². The van der Waals surface area contributed by atoms with Crippen LogP contribution < -0.4 is 15.0 Å². The molecule has 1 aliphatic rings. The Bertz CT molecular complexity index is 749. The van der Waals surface area contributed by atoms with Crippen molar-refractivity contribution in [3.8, 4) is 5.75 Å². The van der Waals surface area contributed by atoms with Gasteiger partial charge >= 0.3 is 0 Å². The summed E-state index contributed by atoms with van der Waals surface area (Å²) in [6, 6.07) is 14.1.